The molecule has 3 aliphatic carbocycles. The zero-order chi connectivity index (χ0) is 21.7. The molecular weight excluding hydrogens is 402 g/mol. The fraction of sp³-hybridized carbons (Fsp3) is 0.708. The van der Waals surface area contributed by atoms with Crippen LogP contribution in [0.2, 0.25) is 0 Å². The number of hydrogen-bond acceptors (Lipinski definition) is 6. The third-order valence-corrected chi connectivity index (χ3v) is 8.31. The molecule has 0 bridgehead atoms. The number of nitrogen functional groups attached to an aromatic ring is 1. The Morgan fingerprint density at radius 3 is 2.84 bits per heavy atom. The van der Waals surface area contributed by atoms with E-state index >= 15 is 0 Å². The van der Waals surface area contributed by atoms with Crippen molar-refractivity contribution >= 4 is 17.5 Å². The largest absolute Gasteiger partial charge is 0.382 e. The summed E-state index contributed by atoms with van der Waals surface area (Å²) in [4.78, 5) is 19.4. The Kier molecular flexibility index (Phi) is 5.20. The van der Waals surface area contributed by atoms with Crippen molar-refractivity contribution in [1.29, 1.82) is 0 Å². The highest BCUT2D eigenvalue weighted by molar-refractivity contribution is 6.02. The number of nitrogens with two attached hydrogens (primary N) is 1. The summed E-state index contributed by atoms with van der Waals surface area (Å²) in [6.45, 7) is 4.04. The van der Waals surface area contributed by atoms with Crippen molar-refractivity contribution in [1.82, 2.24) is 20.3 Å². The summed E-state index contributed by atoms with van der Waals surface area (Å²) in [6, 6.07) is 0.359. The highest BCUT2D eigenvalue weighted by Crippen LogP contribution is 2.50. The van der Waals surface area contributed by atoms with E-state index in [4.69, 9.17) is 20.5 Å². The van der Waals surface area contributed by atoms with Crippen molar-refractivity contribution in [2.45, 2.75) is 83.2 Å². The summed E-state index contributed by atoms with van der Waals surface area (Å²) in [5, 5.41) is 3.74. The number of nitrogens with zero attached hydrogens (tertiary/aromatic N) is 4. The van der Waals surface area contributed by atoms with Gasteiger partial charge in [-0.15, -0.1) is 0 Å². The summed E-state index contributed by atoms with van der Waals surface area (Å²) in [5.41, 5.74) is 13.9. The molecular formula is C24H35N7O. The van der Waals surface area contributed by atoms with Crippen LogP contribution < -0.4 is 16.5 Å². The first-order valence-corrected chi connectivity index (χ1v) is 12.5. The number of fused-ring (bicyclic) bond motifs is 2. The highest BCUT2D eigenvalue weighted by Gasteiger charge is 2.40. The van der Waals surface area contributed by atoms with Crippen LogP contribution in [0, 0.1) is 11.8 Å². The van der Waals surface area contributed by atoms with Crippen LogP contribution in [0.3, 0.4) is 0 Å². The first-order valence-electron chi connectivity index (χ1n) is 12.5. The molecule has 0 aromatic carbocycles. The summed E-state index contributed by atoms with van der Waals surface area (Å²) in [6.07, 6.45) is 11.5. The minimum Gasteiger partial charge on any atom is -0.382 e. The Bertz CT molecular complexity index is 983. The minimum atomic E-state index is 0.344. The average Bonchev–Trinajstić information content (AvgIpc) is 3.38. The van der Waals surface area contributed by atoms with Crippen LogP contribution >= 0.6 is 0 Å². The highest BCUT2D eigenvalue weighted by atomic mass is 16.7. The van der Waals surface area contributed by atoms with Gasteiger partial charge in [0.2, 0.25) is 0 Å². The molecule has 1 saturated carbocycles. The molecule has 2 aliphatic heterocycles. The van der Waals surface area contributed by atoms with E-state index < -0.39 is 0 Å². The van der Waals surface area contributed by atoms with Crippen molar-refractivity contribution < 1.29 is 4.84 Å². The fourth-order valence-electron chi connectivity index (χ4n) is 6.45. The molecule has 0 saturated heterocycles. The van der Waals surface area contributed by atoms with E-state index in [1.165, 1.54) is 57.8 Å². The summed E-state index contributed by atoms with van der Waals surface area (Å²) < 4.78 is 2.40. The summed E-state index contributed by atoms with van der Waals surface area (Å²) in [5.74, 6) is 5.15. The van der Waals surface area contributed by atoms with Gasteiger partial charge in [-0.3, -0.25) is 9.83 Å². The van der Waals surface area contributed by atoms with E-state index in [0.717, 1.165) is 29.7 Å². The monoisotopic (exact) mass is 437 g/mol. The standard InChI is InChI=1S/C24H35N7O/c1-14(15-5-2-6-15)28-23(26-11-19-27-13-32-30-19)21-22(25)29-24-18-10-4-8-16-7-3-9-17(20(16)18)12-31(21)24/h14-15,17-18H,2-13,25H2,1H3,(H,26,28)(H,27,30)/t14-,17+,18?/m1/s1. The van der Waals surface area contributed by atoms with E-state index in [1.54, 1.807) is 11.1 Å². The van der Waals surface area contributed by atoms with Crippen LogP contribution in [-0.2, 0) is 11.4 Å². The topological polar surface area (TPSA) is 102 Å². The second-order valence-corrected chi connectivity index (χ2v) is 10.2. The second-order valence-electron chi connectivity index (χ2n) is 10.2. The van der Waals surface area contributed by atoms with Crippen LogP contribution in [0.15, 0.2) is 21.1 Å². The Balaban J connectivity index is 1.38. The molecule has 8 nitrogen and oxygen atoms in total. The smallest absolute Gasteiger partial charge is 0.166 e. The molecule has 0 amide bonds. The average molecular weight is 438 g/mol. The number of anilines is 1. The van der Waals surface area contributed by atoms with Crippen molar-refractivity contribution in [3.05, 3.63) is 22.7 Å². The van der Waals surface area contributed by atoms with Gasteiger partial charge in [0.1, 0.15) is 29.7 Å². The van der Waals surface area contributed by atoms with Crippen LogP contribution in [0.1, 0.15) is 82.1 Å². The van der Waals surface area contributed by atoms with Gasteiger partial charge in [0.15, 0.2) is 12.5 Å². The lowest BCUT2D eigenvalue weighted by molar-refractivity contribution is 0.114. The second kappa shape index (κ2) is 8.21. The SMILES string of the molecule is C[C@@H](NC(=NCC1=NCON1)c1c(N)nc2n1C[C@@H]1CCCC3=C1C2CCC3)C1CCC1. The molecule has 1 unspecified atom stereocenters. The Labute approximate surface area is 189 Å². The minimum absolute atomic E-state index is 0.344. The lowest BCUT2D eigenvalue weighted by Gasteiger charge is -2.41. The van der Waals surface area contributed by atoms with Crippen molar-refractivity contribution in [3.63, 3.8) is 0 Å². The molecule has 0 spiro atoms. The van der Waals surface area contributed by atoms with Gasteiger partial charge < -0.3 is 15.6 Å². The van der Waals surface area contributed by atoms with Gasteiger partial charge in [-0.2, -0.15) is 0 Å². The number of aromatic nitrogens is 2. The quantitative estimate of drug-likeness (QED) is 0.373. The van der Waals surface area contributed by atoms with E-state index in [9.17, 15) is 0 Å². The number of amidine groups is 2. The number of hydrogen-bond donors (Lipinski definition) is 3. The van der Waals surface area contributed by atoms with Gasteiger partial charge in [0, 0.05) is 18.5 Å². The number of aliphatic imine (C=N–C) groups is 2. The van der Waals surface area contributed by atoms with Crippen molar-refractivity contribution in [2.75, 3.05) is 19.0 Å². The predicted molar refractivity (Wildman–Crippen MR) is 125 cm³/mol. The van der Waals surface area contributed by atoms with Gasteiger partial charge >= 0.3 is 0 Å². The van der Waals surface area contributed by atoms with Crippen LogP contribution in [0.4, 0.5) is 5.82 Å². The first kappa shape index (κ1) is 20.3. The van der Waals surface area contributed by atoms with Gasteiger partial charge in [0.05, 0.1) is 0 Å². The van der Waals surface area contributed by atoms with Crippen LogP contribution in [-0.4, -0.2) is 40.5 Å². The van der Waals surface area contributed by atoms with Gasteiger partial charge in [-0.1, -0.05) is 17.6 Å². The number of imidazole rings is 1. The third-order valence-electron chi connectivity index (χ3n) is 8.31. The van der Waals surface area contributed by atoms with E-state index in [2.05, 4.69) is 27.3 Å². The first-order chi connectivity index (χ1) is 15.7. The molecule has 4 N–H and O–H groups in total. The lowest BCUT2D eigenvalue weighted by Crippen LogP contribution is -2.43. The lowest BCUT2D eigenvalue weighted by atomic mass is 9.68. The molecule has 1 fully saturated rings. The van der Waals surface area contributed by atoms with E-state index in [1.807, 2.05) is 0 Å². The maximum Gasteiger partial charge on any atom is 0.166 e. The summed E-state index contributed by atoms with van der Waals surface area (Å²) >= 11 is 0. The van der Waals surface area contributed by atoms with Crippen LogP contribution in [0.5, 0.6) is 0 Å². The van der Waals surface area contributed by atoms with E-state index in [0.29, 0.717) is 42.9 Å². The zero-order valence-corrected chi connectivity index (χ0v) is 19.1. The van der Waals surface area contributed by atoms with Gasteiger partial charge in [-0.25, -0.2) is 15.5 Å². The predicted octanol–water partition coefficient (Wildman–Crippen LogP) is 3.26. The number of hydroxylamine groups is 1. The number of nitrogens with one attached hydrogen (secondary N) is 2. The Hall–Kier alpha value is -2.35. The Morgan fingerprint density at radius 1 is 1.25 bits per heavy atom. The summed E-state index contributed by atoms with van der Waals surface area (Å²) in [7, 11) is 0. The molecule has 8 heteroatoms. The maximum atomic E-state index is 6.62. The molecule has 5 aliphatic rings. The maximum absolute atomic E-state index is 6.62. The molecule has 1 aromatic heterocycles. The molecule has 3 heterocycles. The van der Waals surface area contributed by atoms with Gasteiger partial charge in [0.25, 0.3) is 0 Å². The van der Waals surface area contributed by atoms with Crippen LogP contribution in [0.25, 0.3) is 0 Å². The molecule has 172 valence electrons. The molecule has 3 atom stereocenters. The normalized spacial score (nSPS) is 28.4. The number of allylic oxidation sites excluding steroid dienone is 2. The van der Waals surface area contributed by atoms with Crippen molar-refractivity contribution in [3.8, 4) is 0 Å². The fourth-order valence-corrected chi connectivity index (χ4v) is 6.45. The molecule has 1 aromatic rings. The third kappa shape index (κ3) is 3.43. The molecule has 6 rings (SSSR count). The van der Waals surface area contributed by atoms with Gasteiger partial charge in [-0.05, 0) is 70.1 Å². The van der Waals surface area contributed by atoms with E-state index in [-0.39, 0.29) is 0 Å². The Morgan fingerprint density at radius 2 is 2.09 bits per heavy atom. The molecule has 0 radical (unpaired) electrons. The zero-order valence-electron chi connectivity index (χ0n) is 19.1. The molecule has 32 heavy (non-hydrogen) atoms. The number of rotatable bonds is 5. The van der Waals surface area contributed by atoms with Crippen molar-refractivity contribution in [2.24, 2.45) is 21.8 Å².